The van der Waals surface area contributed by atoms with Crippen LogP contribution in [0.2, 0.25) is 0 Å². The Kier molecular flexibility index (Phi) is 3.78. The molecule has 1 aliphatic rings. The van der Waals surface area contributed by atoms with E-state index in [0.29, 0.717) is 18.1 Å². The van der Waals surface area contributed by atoms with Gasteiger partial charge in [-0.1, -0.05) is 23.7 Å². The first-order valence-electron chi connectivity index (χ1n) is 6.99. The summed E-state index contributed by atoms with van der Waals surface area (Å²) < 4.78 is 18.5. The molecule has 0 bridgehead atoms. The molecule has 2 heterocycles. The maximum Gasteiger partial charge on any atom is 0.243 e. The maximum absolute atomic E-state index is 13.1. The number of nitrogens with zero attached hydrogens (tertiary/aromatic N) is 3. The monoisotopic (exact) mass is 275 g/mol. The number of piperidine rings is 1. The molecular formula is C15H18FN3O. The Labute approximate surface area is 117 Å². The highest BCUT2D eigenvalue weighted by Crippen LogP contribution is 2.28. The number of benzene rings is 1. The predicted octanol–water partition coefficient (Wildman–Crippen LogP) is 2.96. The van der Waals surface area contributed by atoms with Gasteiger partial charge in [-0.2, -0.15) is 4.98 Å². The fourth-order valence-electron chi connectivity index (χ4n) is 2.69. The summed E-state index contributed by atoms with van der Waals surface area (Å²) in [4.78, 5) is 6.72. The third kappa shape index (κ3) is 2.88. The van der Waals surface area contributed by atoms with Crippen LogP contribution in [-0.4, -0.2) is 28.6 Å². The lowest BCUT2D eigenvalue weighted by atomic mass is 10.0. The fraction of sp³-hybridized carbons (Fsp3) is 0.467. The number of aromatic nitrogens is 2. The van der Waals surface area contributed by atoms with Gasteiger partial charge in [0.2, 0.25) is 5.89 Å². The van der Waals surface area contributed by atoms with Gasteiger partial charge in [-0.05, 0) is 44.1 Å². The smallest absolute Gasteiger partial charge is 0.243 e. The van der Waals surface area contributed by atoms with Crippen LogP contribution in [0.1, 0.15) is 42.6 Å². The fourth-order valence-corrected chi connectivity index (χ4v) is 2.69. The second kappa shape index (κ2) is 5.71. The van der Waals surface area contributed by atoms with Crippen LogP contribution in [0.5, 0.6) is 0 Å². The average Bonchev–Trinajstić information content (AvgIpc) is 2.87. The standard InChI is InChI=1S/C15H18FN3O/c1-19-8-3-2-7-13(19)15-17-14(18-20-15)10-11-5-4-6-12(16)9-11/h4-6,9,13H,2-3,7-8,10H2,1H3. The molecule has 20 heavy (non-hydrogen) atoms. The van der Waals surface area contributed by atoms with Crippen molar-refractivity contribution in [1.29, 1.82) is 0 Å². The van der Waals surface area contributed by atoms with E-state index in [-0.39, 0.29) is 11.9 Å². The molecule has 106 valence electrons. The average molecular weight is 275 g/mol. The highest BCUT2D eigenvalue weighted by molar-refractivity contribution is 5.19. The minimum atomic E-state index is -0.238. The molecule has 0 spiro atoms. The molecular weight excluding hydrogens is 257 g/mol. The number of likely N-dealkylation sites (tertiary alicyclic amines) is 1. The minimum Gasteiger partial charge on any atom is -0.338 e. The van der Waals surface area contributed by atoms with Crippen molar-refractivity contribution in [2.24, 2.45) is 0 Å². The van der Waals surface area contributed by atoms with Crippen LogP contribution in [0.4, 0.5) is 4.39 Å². The highest BCUT2D eigenvalue weighted by Gasteiger charge is 2.25. The highest BCUT2D eigenvalue weighted by atomic mass is 19.1. The Hall–Kier alpha value is -1.75. The minimum absolute atomic E-state index is 0.220. The van der Waals surface area contributed by atoms with Gasteiger partial charge in [-0.25, -0.2) is 4.39 Å². The zero-order valence-corrected chi connectivity index (χ0v) is 11.6. The van der Waals surface area contributed by atoms with Crippen LogP contribution >= 0.6 is 0 Å². The Bertz CT molecular complexity index is 584. The van der Waals surface area contributed by atoms with E-state index in [9.17, 15) is 4.39 Å². The molecule has 0 N–H and O–H groups in total. The van der Waals surface area contributed by atoms with E-state index in [4.69, 9.17) is 4.52 Å². The van der Waals surface area contributed by atoms with Crippen molar-refractivity contribution in [3.8, 4) is 0 Å². The molecule has 1 aromatic heterocycles. The van der Waals surface area contributed by atoms with Crippen molar-refractivity contribution in [3.05, 3.63) is 47.4 Å². The van der Waals surface area contributed by atoms with Gasteiger partial charge in [0.1, 0.15) is 5.82 Å². The molecule has 3 rings (SSSR count). The van der Waals surface area contributed by atoms with Gasteiger partial charge in [0.05, 0.1) is 6.04 Å². The SMILES string of the molecule is CN1CCCCC1c1nc(Cc2cccc(F)c2)no1. The Morgan fingerprint density at radius 2 is 2.30 bits per heavy atom. The number of hydrogen-bond donors (Lipinski definition) is 0. The summed E-state index contributed by atoms with van der Waals surface area (Å²) in [5, 5.41) is 4.02. The van der Waals surface area contributed by atoms with Crippen LogP contribution in [-0.2, 0) is 6.42 Å². The van der Waals surface area contributed by atoms with Crippen molar-refractivity contribution in [2.45, 2.75) is 31.7 Å². The van der Waals surface area contributed by atoms with E-state index >= 15 is 0 Å². The topological polar surface area (TPSA) is 42.2 Å². The molecule has 1 unspecified atom stereocenters. The van der Waals surface area contributed by atoms with Crippen molar-refractivity contribution in [3.63, 3.8) is 0 Å². The van der Waals surface area contributed by atoms with Crippen LogP contribution in [0.25, 0.3) is 0 Å². The molecule has 5 heteroatoms. The number of hydrogen-bond acceptors (Lipinski definition) is 4. The Morgan fingerprint density at radius 3 is 3.10 bits per heavy atom. The first-order chi connectivity index (χ1) is 9.72. The molecule has 0 saturated carbocycles. The molecule has 1 saturated heterocycles. The molecule has 0 radical (unpaired) electrons. The van der Waals surface area contributed by atoms with Crippen molar-refractivity contribution in [1.82, 2.24) is 15.0 Å². The maximum atomic E-state index is 13.1. The third-order valence-corrected chi connectivity index (χ3v) is 3.79. The first-order valence-corrected chi connectivity index (χ1v) is 6.99. The second-order valence-electron chi connectivity index (χ2n) is 5.35. The predicted molar refractivity (Wildman–Crippen MR) is 72.7 cm³/mol. The third-order valence-electron chi connectivity index (χ3n) is 3.79. The molecule has 0 aliphatic carbocycles. The van der Waals surface area contributed by atoms with E-state index in [2.05, 4.69) is 22.1 Å². The van der Waals surface area contributed by atoms with Gasteiger partial charge in [-0.3, -0.25) is 4.90 Å². The summed E-state index contributed by atoms with van der Waals surface area (Å²) >= 11 is 0. The van der Waals surface area contributed by atoms with Gasteiger partial charge in [0.15, 0.2) is 5.82 Å². The number of rotatable bonds is 3. The molecule has 1 fully saturated rings. The Balaban J connectivity index is 1.73. The van der Waals surface area contributed by atoms with Gasteiger partial charge in [-0.15, -0.1) is 0 Å². The van der Waals surface area contributed by atoms with Crippen LogP contribution in [0.3, 0.4) is 0 Å². The molecule has 1 atom stereocenters. The van der Waals surface area contributed by atoms with Gasteiger partial charge >= 0.3 is 0 Å². The number of halogens is 1. The van der Waals surface area contributed by atoms with Crippen molar-refractivity contribution >= 4 is 0 Å². The second-order valence-corrected chi connectivity index (χ2v) is 5.35. The van der Waals surface area contributed by atoms with Crippen LogP contribution < -0.4 is 0 Å². The summed E-state index contributed by atoms with van der Waals surface area (Å²) in [7, 11) is 2.08. The van der Waals surface area contributed by atoms with E-state index in [1.807, 2.05) is 6.07 Å². The molecule has 1 aromatic carbocycles. The zero-order valence-electron chi connectivity index (χ0n) is 11.6. The molecule has 1 aliphatic heterocycles. The van der Waals surface area contributed by atoms with E-state index in [0.717, 1.165) is 18.5 Å². The van der Waals surface area contributed by atoms with Gasteiger partial charge < -0.3 is 4.52 Å². The van der Waals surface area contributed by atoms with E-state index < -0.39 is 0 Å². The van der Waals surface area contributed by atoms with Crippen molar-refractivity contribution < 1.29 is 8.91 Å². The lowest BCUT2D eigenvalue weighted by molar-refractivity contribution is 0.150. The quantitative estimate of drug-likeness (QED) is 0.863. The van der Waals surface area contributed by atoms with E-state index in [1.54, 1.807) is 6.07 Å². The first kappa shape index (κ1) is 13.2. The summed E-state index contributed by atoms with van der Waals surface area (Å²) in [6, 6.07) is 6.72. The summed E-state index contributed by atoms with van der Waals surface area (Å²) in [5.41, 5.74) is 0.856. The van der Waals surface area contributed by atoms with E-state index in [1.165, 1.54) is 25.0 Å². The zero-order chi connectivity index (χ0) is 13.9. The molecule has 4 nitrogen and oxygen atoms in total. The van der Waals surface area contributed by atoms with Gasteiger partial charge in [0, 0.05) is 6.42 Å². The molecule has 0 amide bonds. The summed E-state index contributed by atoms with van der Waals surface area (Å²) in [5.74, 6) is 1.06. The Morgan fingerprint density at radius 1 is 1.40 bits per heavy atom. The van der Waals surface area contributed by atoms with Crippen LogP contribution in [0, 0.1) is 5.82 Å². The van der Waals surface area contributed by atoms with Crippen LogP contribution in [0.15, 0.2) is 28.8 Å². The lowest BCUT2D eigenvalue weighted by Gasteiger charge is -2.29. The largest absolute Gasteiger partial charge is 0.338 e. The van der Waals surface area contributed by atoms with Crippen molar-refractivity contribution in [2.75, 3.05) is 13.6 Å². The lowest BCUT2D eigenvalue weighted by Crippen LogP contribution is -2.29. The van der Waals surface area contributed by atoms with Gasteiger partial charge in [0.25, 0.3) is 0 Å². The molecule has 2 aromatic rings. The summed E-state index contributed by atoms with van der Waals surface area (Å²) in [6.07, 6.45) is 3.96. The summed E-state index contributed by atoms with van der Waals surface area (Å²) in [6.45, 7) is 1.06. The normalized spacial score (nSPS) is 20.2.